The molecule has 0 saturated carbocycles. The Bertz CT molecular complexity index is 954. The molecule has 2 N–H and O–H groups in total. The smallest absolute Gasteiger partial charge is 0.255 e. The number of nitrogens with one attached hydrogen (secondary N) is 1. The third kappa shape index (κ3) is 4.25. The van der Waals surface area contributed by atoms with Crippen LogP contribution in [0.3, 0.4) is 0 Å². The molecule has 0 aromatic carbocycles. The van der Waals surface area contributed by atoms with Crippen LogP contribution in [0.5, 0.6) is 0 Å². The Morgan fingerprint density at radius 3 is 2.58 bits per heavy atom. The van der Waals surface area contributed by atoms with Crippen LogP contribution < -0.4 is 10.2 Å². The lowest BCUT2D eigenvalue weighted by molar-refractivity contribution is -0.120. The molecule has 4 heterocycles. The number of aliphatic hydroxyl groups excluding tert-OH is 1. The second-order valence-electron chi connectivity index (χ2n) is 8.25. The fourth-order valence-corrected chi connectivity index (χ4v) is 4.39. The number of carbonyl (C=O) groups excluding carboxylic acids is 2. The van der Waals surface area contributed by atoms with Crippen LogP contribution in [-0.4, -0.2) is 71.1 Å². The number of carbonyl (C=O) groups is 2. The van der Waals surface area contributed by atoms with Gasteiger partial charge in [-0.2, -0.15) is 0 Å². The highest BCUT2D eigenvalue weighted by molar-refractivity contribution is 5.94. The van der Waals surface area contributed by atoms with Gasteiger partial charge < -0.3 is 20.2 Å². The first-order valence-electron chi connectivity index (χ1n) is 10.9. The molecule has 8 heteroatoms. The maximum Gasteiger partial charge on any atom is 0.255 e. The van der Waals surface area contributed by atoms with Gasteiger partial charge in [0.05, 0.1) is 17.2 Å². The maximum atomic E-state index is 12.9. The van der Waals surface area contributed by atoms with E-state index in [1.165, 1.54) is 5.56 Å². The number of rotatable bonds is 5. The standard InChI is InChI=1S/C23H29N5O3/c1-3-16-10-15(2)21(25-11-16)27-6-8-28(9-7-27)23(31)17-4-5-19(24-12-17)20-18(14-29)13-26-22(20)30/h4-5,10-12,18,20,29H,3,6-9,13-14H2,1-2H3,(H,26,30)/t18?,20-/m1/s1. The second kappa shape index (κ2) is 9.01. The summed E-state index contributed by atoms with van der Waals surface area (Å²) in [6.45, 7) is 7.28. The number of hydrogen-bond acceptors (Lipinski definition) is 6. The van der Waals surface area contributed by atoms with Crippen molar-refractivity contribution in [2.24, 2.45) is 5.92 Å². The van der Waals surface area contributed by atoms with Gasteiger partial charge in [-0.3, -0.25) is 14.6 Å². The van der Waals surface area contributed by atoms with Crippen molar-refractivity contribution >= 4 is 17.6 Å². The Balaban J connectivity index is 1.39. The van der Waals surface area contributed by atoms with Crippen molar-refractivity contribution in [2.75, 3.05) is 44.2 Å². The number of amides is 2. The third-order valence-electron chi connectivity index (χ3n) is 6.26. The van der Waals surface area contributed by atoms with Gasteiger partial charge in [-0.05, 0) is 36.6 Å². The predicted octanol–water partition coefficient (Wildman–Crippen LogP) is 1.13. The van der Waals surface area contributed by atoms with E-state index in [4.69, 9.17) is 0 Å². The van der Waals surface area contributed by atoms with Gasteiger partial charge in [-0.15, -0.1) is 0 Å². The number of anilines is 1. The minimum absolute atomic E-state index is 0.0562. The van der Waals surface area contributed by atoms with Crippen LogP contribution in [0.2, 0.25) is 0 Å². The average molecular weight is 424 g/mol. The van der Waals surface area contributed by atoms with Crippen molar-refractivity contribution < 1.29 is 14.7 Å². The van der Waals surface area contributed by atoms with E-state index in [1.54, 1.807) is 18.3 Å². The molecule has 2 atom stereocenters. The summed E-state index contributed by atoms with van der Waals surface area (Å²) in [5, 5.41) is 12.2. The van der Waals surface area contributed by atoms with Crippen LogP contribution in [0.25, 0.3) is 0 Å². The molecule has 2 amide bonds. The van der Waals surface area contributed by atoms with Crippen LogP contribution >= 0.6 is 0 Å². The predicted molar refractivity (Wildman–Crippen MR) is 117 cm³/mol. The molecule has 2 aliphatic heterocycles. The zero-order valence-corrected chi connectivity index (χ0v) is 18.0. The minimum Gasteiger partial charge on any atom is -0.396 e. The molecule has 4 rings (SSSR count). The Hall–Kier alpha value is -3.00. The van der Waals surface area contributed by atoms with Crippen molar-refractivity contribution in [1.82, 2.24) is 20.2 Å². The van der Waals surface area contributed by atoms with Gasteiger partial charge in [-0.25, -0.2) is 4.98 Å². The third-order valence-corrected chi connectivity index (χ3v) is 6.26. The Kier molecular flexibility index (Phi) is 6.18. The molecule has 8 nitrogen and oxygen atoms in total. The fraction of sp³-hybridized carbons (Fsp3) is 0.478. The topological polar surface area (TPSA) is 98.7 Å². The van der Waals surface area contributed by atoms with Gasteiger partial charge in [0.1, 0.15) is 5.82 Å². The van der Waals surface area contributed by atoms with Gasteiger partial charge in [0, 0.05) is 57.6 Å². The minimum atomic E-state index is -0.465. The highest BCUT2D eigenvalue weighted by Gasteiger charge is 2.36. The van der Waals surface area contributed by atoms with Gasteiger partial charge in [0.2, 0.25) is 5.91 Å². The highest BCUT2D eigenvalue weighted by Crippen LogP contribution is 2.28. The van der Waals surface area contributed by atoms with Crippen molar-refractivity contribution in [3.63, 3.8) is 0 Å². The molecule has 2 saturated heterocycles. The van der Waals surface area contributed by atoms with E-state index in [9.17, 15) is 14.7 Å². The summed E-state index contributed by atoms with van der Waals surface area (Å²) in [6, 6.07) is 5.63. The molecule has 2 aliphatic rings. The van der Waals surface area contributed by atoms with E-state index < -0.39 is 5.92 Å². The number of aromatic nitrogens is 2. The largest absolute Gasteiger partial charge is 0.396 e. The number of aliphatic hydroxyl groups is 1. The highest BCUT2D eigenvalue weighted by atomic mass is 16.3. The second-order valence-corrected chi connectivity index (χ2v) is 8.25. The van der Waals surface area contributed by atoms with Gasteiger partial charge >= 0.3 is 0 Å². The number of nitrogens with zero attached hydrogens (tertiary/aromatic N) is 4. The van der Waals surface area contributed by atoms with E-state index in [2.05, 4.69) is 40.1 Å². The lowest BCUT2D eigenvalue weighted by Crippen LogP contribution is -2.49. The van der Waals surface area contributed by atoms with Crippen molar-refractivity contribution in [1.29, 1.82) is 0 Å². The molecule has 2 fully saturated rings. The normalized spacial score (nSPS) is 21.3. The SMILES string of the molecule is CCc1cnc(N2CCN(C(=O)c3ccc([C@@H]4C(=O)NCC4CO)nc3)CC2)c(C)c1. The molecular formula is C23H29N5O3. The number of pyridine rings is 2. The zero-order chi connectivity index (χ0) is 22.0. The summed E-state index contributed by atoms with van der Waals surface area (Å²) >= 11 is 0. The first-order chi connectivity index (χ1) is 15.0. The van der Waals surface area contributed by atoms with Crippen LogP contribution in [0.4, 0.5) is 5.82 Å². The molecule has 2 aromatic rings. The molecule has 1 unspecified atom stereocenters. The summed E-state index contributed by atoms with van der Waals surface area (Å²) in [4.78, 5) is 38.1. The van der Waals surface area contributed by atoms with Crippen LogP contribution in [0.1, 0.15) is 40.0 Å². The average Bonchev–Trinajstić information content (AvgIpc) is 3.19. The number of aryl methyl sites for hydroxylation is 2. The van der Waals surface area contributed by atoms with E-state index >= 15 is 0 Å². The fourth-order valence-electron chi connectivity index (χ4n) is 4.39. The number of hydrogen-bond donors (Lipinski definition) is 2. The van der Waals surface area contributed by atoms with E-state index in [-0.39, 0.29) is 24.3 Å². The van der Waals surface area contributed by atoms with Crippen molar-refractivity contribution in [2.45, 2.75) is 26.2 Å². The zero-order valence-electron chi connectivity index (χ0n) is 18.0. The first-order valence-corrected chi connectivity index (χ1v) is 10.9. The maximum absolute atomic E-state index is 12.9. The van der Waals surface area contributed by atoms with Crippen molar-refractivity contribution in [3.8, 4) is 0 Å². The Morgan fingerprint density at radius 1 is 1.19 bits per heavy atom. The molecule has 31 heavy (non-hydrogen) atoms. The van der Waals surface area contributed by atoms with E-state index in [0.717, 1.165) is 30.9 Å². The van der Waals surface area contributed by atoms with Crippen LogP contribution in [0.15, 0.2) is 30.6 Å². The Labute approximate surface area is 182 Å². The molecule has 0 spiro atoms. The quantitative estimate of drug-likeness (QED) is 0.748. The molecule has 0 radical (unpaired) electrons. The van der Waals surface area contributed by atoms with Gasteiger partial charge in [0.15, 0.2) is 0 Å². The lowest BCUT2D eigenvalue weighted by atomic mass is 9.92. The Morgan fingerprint density at radius 2 is 1.97 bits per heavy atom. The van der Waals surface area contributed by atoms with E-state index in [0.29, 0.717) is 30.9 Å². The van der Waals surface area contributed by atoms with Crippen molar-refractivity contribution in [3.05, 3.63) is 53.0 Å². The van der Waals surface area contributed by atoms with Gasteiger partial charge in [0.25, 0.3) is 5.91 Å². The number of piperazine rings is 1. The summed E-state index contributed by atoms with van der Waals surface area (Å²) < 4.78 is 0. The summed E-state index contributed by atoms with van der Waals surface area (Å²) in [5.74, 6) is 0.158. The summed E-state index contributed by atoms with van der Waals surface area (Å²) in [6.07, 6.45) is 4.44. The molecule has 164 valence electrons. The monoisotopic (exact) mass is 423 g/mol. The molecule has 0 bridgehead atoms. The van der Waals surface area contributed by atoms with E-state index in [1.807, 2.05) is 11.1 Å². The first kappa shape index (κ1) is 21.2. The lowest BCUT2D eigenvalue weighted by Gasteiger charge is -2.36. The molecule has 0 aliphatic carbocycles. The summed E-state index contributed by atoms with van der Waals surface area (Å²) in [7, 11) is 0. The molecule has 2 aromatic heterocycles. The van der Waals surface area contributed by atoms with Gasteiger partial charge in [-0.1, -0.05) is 13.0 Å². The molecular weight excluding hydrogens is 394 g/mol. The van der Waals surface area contributed by atoms with Crippen LogP contribution in [0, 0.1) is 12.8 Å². The van der Waals surface area contributed by atoms with Crippen LogP contribution in [-0.2, 0) is 11.2 Å². The summed E-state index contributed by atoms with van der Waals surface area (Å²) in [5.41, 5.74) is 3.49.